The van der Waals surface area contributed by atoms with Gasteiger partial charge in [-0.3, -0.25) is 0 Å². The minimum Gasteiger partial charge on any atom is -0.497 e. The van der Waals surface area contributed by atoms with E-state index in [1.807, 2.05) is 30.3 Å². The van der Waals surface area contributed by atoms with Gasteiger partial charge in [-0.15, -0.1) is 0 Å². The minimum absolute atomic E-state index is 0.857. The van der Waals surface area contributed by atoms with Crippen molar-refractivity contribution in [2.24, 2.45) is 0 Å². The molecule has 2 aromatic carbocycles. The van der Waals surface area contributed by atoms with Crippen molar-refractivity contribution < 1.29 is 9.47 Å². The summed E-state index contributed by atoms with van der Waals surface area (Å²) in [4.78, 5) is 3.37. The summed E-state index contributed by atoms with van der Waals surface area (Å²) in [5, 5.41) is 2.35. The Hall–Kier alpha value is -2.16. The minimum atomic E-state index is 0.857. The number of fused-ring (bicyclic) bond motifs is 3. The van der Waals surface area contributed by atoms with Crippen molar-refractivity contribution in [2.45, 2.75) is 0 Å². The molecule has 3 nitrogen and oxygen atoms in total. The van der Waals surface area contributed by atoms with Crippen LogP contribution in [-0.2, 0) is 0 Å². The Morgan fingerprint density at radius 2 is 1.47 bits per heavy atom. The summed E-state index contributed by atoms with van der Waals surface area (Å²) in [7, 11) is 3.35. The quantitative estimate of drug-likeness (QED) is 0.728. The zero-order valence-corrected chi connectivity index (χ0v) is 9.78. The monoisotopic (exact) mass is 227 g/mol. The number of aromatic nitrogens is 1. The van der Waals surface area contributed by atoms with E-state index >= 15 is 0 Å². The number of hydrogen-bond acceptors (Lipinski definition) is 2. The third-order valence-electron chi connectivity index (χ3n) is 3.01. The van der Waals surface area contributed by atoms with E-state index in [-0.39, 0.29) is 0 Å². The molecule has 0 aliphatic heterocycles. The van der Waals surface area contributed by atoms with Crippen molar-refractivity contribution in [3.05, 3.63) is 36.4 Å². The van der Waals surface area contributed by atoms with Crippen molar-refractivity contribution in [1.29, 1.82) is 0 Å². The predicted octanol–water partition coefficient (Wildman–Crippen LogP) is 3.34. The third kappa shape index (κ3) is 1.51. The SMILES string of the molecule is COc1ccc2c(c1)[nH]c1ccc(OC)cc12. The maximum atomic E-state index is 5.25. The molecule has 0 aliphatic carbocycles. The number of ether oxygens (including phenoxy) is 2. The summed E-state index contributed by atoms with van der Waals surface area (Å²) >= 11 is 0. The normalized spacial score (nSPS) is 10.9. The first kappa shape index (κ1) is 10.0. The zero-order valence-electron chi connectivity index (χ0n) is 9.78. The van der Waals surface area contributed by atoms with E-state index in [9.17, 15) is 0 Å². The molecule has 0 spiro atoms. The maximum Gasteiger partial charge on any atom is 0.120 e. The second kappa shape index (κ2) is 3.70. The maximum absolute atomic E-state index is 5.25. The number of H-pyrrole nitrogens is 1. The van der Waals surface area contributed by atoms with Crippen LogP contribution in [0.25, 0.3) is 21.8 Å². The van der Waals surface area contributed by atoms with E-state index in [0.717, 1.165) is 22.5 Å². The molecule has 1 aromatic heterocycles. The molecule has 0 unspecified atom stereocenters. The van der Waals surface area contributed by atoms with Gasteiger partial charge < -0.3 is 14.5 Å². The summed E-state index contributed by atoms with van der Waals surface area (Å²) in [6.07, 6.45) is 0. The molecule has 0 atom stereocenters. The molecule has 17 heavy (non-hydrogen) atoms. The van der Waals surface area contributed by atoms with Gasteiger partial charge in [0.25, 0.3) is 0 Å². The molecule has 0 radical (unpaired) electrons. The van der Waals surface area contributed by atoms with Gasteiger partial charge in [0.1, 0.15) is 11.5 Å². The van der Waals surface area contributed by atoms with Crippen LogP contribution in [0.15, 0.2) is 36.4 Å². The van der Waals surface area contributed by atoms with Crippen LogP contribution in [0.5, 0.6) is 11.5 Å². The molecule has 86 valence electrons. The van der Waals surface area contributed by atoms with Gasteiger partial charge in [-0.1, -0.05) is 0 Å². The first-order valence-electron chi connectivity index (χ1n) is 5.45. The molecule has 0 saturated carbocycles. The van der Waals surface area contributed by atoms with Gasteiger partial charge in [-0.05, 0) is 30.3 Å². The number of benzene rings is 2. The first-order chi connectivity index (χ1) is 8.31. The van der Waals surface area contributed by atoms with E-state index in [4.69, 9.17) is 9.47 Å². The van der Waals surface area contributed by atoms with Crippen LogP contribution < -0.4 is 9.47 Å². The van der Waals surface area contributed by atoms with Crippen molar-refractivity contribution in [1.82, 2.24) is 4.98 Å². The average molecular weight is 227 g/mol. The third-order valence-corrected chi connectivity index (χ3v) is 3.01. The van der Waals surface area contributed by atoms with Gasteiger partial charge in [0.15, 0.2) is 0 Å². The molecule has 0 bridgehead atoms. The lowest BCUT2D eigenvalue weighted by Gasteiger charge is -1.99. The highest BCUT2D eigenvalue weighted by Gasteiger charge is 2.06. The molecule has 0 aliphatic rings. The average Bonchev–Trinajstić information content (AvgIpc) is 2.74. The number of hydrogen-bond donors (Lipinski definition) is 1. The lowest BCUT2D eigenvalue weighted by atomic mass is 10.1. The molecule has 0 fully saturated rings. The summed E-state index contributed by atoms with van der Waals surface area (Å²) in [6.45, 7) is 0. The Morgan fingerprint density at radius 3 is 2.24 bits per heavy atom. The zero-order chi connectivity index (χ0) is 11.8. The van der Waals surface area contributed by atoms with Crippen LogP contribution in [0.1, 0.15) is 0 Å². The smallest absolute Gasteiger partial charge is 0.120 e. The molecule has 3 heteroatoms. The lowest BCUT2D eigenvalue weighted by Crippen LogP contribution is -1.81. The Morgan fingerprint density at radius 1 is 0.765 bits per heavy atom. The van der Waals surface area contributed by atoms with Crippen LogP contribution in [-0.4, -0.2) is 19.2 Å². The van der Waals surface area contributed by atoms with E-state index in [1.54, 1.807) is 14.2 Å². The van der Waals surface area contributed by atoms with Crippen LogP contribution in [0.2, 0.25) is 0 Å². The van der Waals surface area contributed by atoms with Gasteiger partial charge >= 0.3 is 0 Å². The van der Waals surface area contributed by atoms with Crippen LogP contribution >= 0.6 is 0 Å². The molecule has 1 N–H and O–H groups in total. The Balaban J connectivity index is 2.34. The van der Waals surface area contributed by atoms with Gasteiger partial charge in [0, 0.05) is 22.4 Å². The highest BCUT2D eigenvalue weighted by molar-refractivity contribution is 6.08. The summed E-state index contributed by atoms with van der Waals surface area (Å²) in [5.41, 5.74) is 2.18. The summed E-state index contributed by atoms with van der Waals surface area (Å²) in [5.74, 6) is 1.73. The predicted molar refractivity (Wildman–Crippen MR) is 68.9 cm³/mol. The molecule has 1 heterocycles. The summed E-state index contributed by atoms with van der Waals surface area (Å²) in [6, 6.07) is 12.1. The molecule has 0 amide bonds. The van der Waals surface area contributed by atoms with E-state index in [1.165, 1.54) is 10.8 Å². The first-order valence-corrected chi connectivity index (χ1v) is 5.45. The fourth-order valence-corrected chi connectivity index (χ4v) is 2.12. The Kier molecular flexibility index (Phi) is 2.18. The second-order valence-corrected chi connectivity index (χ2v) is 3.95. The van der Waals surface area contributed by atoms with E-state index < -0.39 is 0 Å². The standard InChI is InChI=1S/C14H13NO2/c1-16-9-4-6-13-12(7-9)11-5-3-10(17-2)8-14(11)15-13/h3-8,15H,1-2H3. The van der Waals surface area contributed by atoms with Crippen LogP contribution in [0.4, 0.5) is 0 Å². The van der Waals surface area contributed by atoms with Gasteiger partial charge in [0.2, 0.25) is 0 Å². The molecule has 3 aromatic rings. The van der Waals surface area contributed by atoms with Crippen molar-refractivity contribution in [2.75, 3.05) is 14.2 Å². The van der Waals surface area contributed by atoms with Gasteiger partial charge in [0.05, 0.1) is 19.7 Å². The highest BCUT2D eigenvalue weighted by Crippen LogP contribution is 2.30. The van der Waals surface area contributed by atoms with E-state index in [0.29, 0.717) is 0 Å². The summed E-state index contributed by atoms with van der Waals surface area (Å²) < 4.78 is 10.5. The highest BCUT2D eigenvalue weighted by atomic mass is 16.5. The van der Waals surface area contributed by atoms with Crippen LogP contribution in [0, 0.1) is 0 Å². The van der Waals surface area contributed by atoms with Gasteiger partial charge in [-0.25, -0.2) is 0 Å². The van der Waals surface area contributed by atoms with Crippen LogP contribution in [0.3, 0.4) is 0 Å². The number of methoxy groups -OCH3 is 2. The topological polar surface area (TPSA) is 34.2 Å². The molecule has 3 rings (SSSR count). The molecular formula is C14H13NO2. The largest absolute Gasteiger partial charge is 0.497 e. The number of nitrogens with one attached hydrogen (secondary N) is 1. The fraction of sp³-hybridized carbons (Fsp3) is 0.143. The fourth-order valence-electron chi connectivity index (χ4n) is 2.12. The van der Waals surface area contributed by atoms with Crippen molar-refractivity contribution in [3.63, 3.8) is 0 Å². The Bertz CT molecular complexity index is 685. The second-order valence-electron chi connectivity index (χ2n) is 3.95. The number of aromatic amines is 1. The van der Waals surface area contributed by atoms with E-state index in [2.05, 4.69) is 11.1 Å². The lowest BCUT2D eigenvalue weighted by molar-refractivity contribution is 0.415. The molecular weight excluding hydrogens is 214 g/mol. The Labute approximate surface area is 99.0 Å². The van der Waals surface area contributed by atoms with Crippen molar-refractivity contribution >= 4 is 21.8 Å². The number of rotatable bonds is 2. The van der Waals surface area contributed by atoms with Gasteiger partial charge in [-0.2, -0.15) is 0 Å². The molecule has 0 saturated heterocycles. The van der Waals surface area contributed by atoms with Crippen molar-refractivity contribution in [3.8, 4) is 11.5 Å².